The van der Waals surface area contributed by atoms with E-state index in [0.29, 0.717) is 0 Å². The number of halogens is 2. The molecule has 2 N–H and O–H groups in total. The van der Waals surface area contributed by atoms with Crippen molar-refractivity contribution >= 4 is 29.0 Å². The van der Waals surface area contributed by atoms with Crippen LogP contribution in [0.25, 0.3) is 0 Å². The van der Waals surface area contributed by atoms with Crippen molar-refractivity contribution in [3.8, 4) is 6.07 Å². The molecule has 0 spiro atoms. The highest BCUT2D eigenvalue weighted by atomic mass is 35.5. The molecule has 0 saturated carbocycles. The Labute approximate surface area is 112 Å². The van der Waals surface area contributed by atoms with Gasteiger partial charge in [0.1, 0.15) is 23.3 Å². The Morgan fingerprint density at radius 3 is 2.79 bits per heavy atom. The van der Waals surface area contributed by atoms with Gasteiger partial charge in [0.25, 0.3) is 5.91 Å². The number of rotatable bonds is 2. The highest BCUT2D eigenvalue weighted by molar-refractivity contribution is 6.31. The van der Waals surface area contributed by atoms with Crippen molar-refractivity contribution in [3.63, 3.8) is 0 Å². The van der Waals surface area contributed by atoms with E-state index >= 15 is 0 Å². The average Bonchev–Trinajstić information content (AvgIpc) is 2.38. The number of nitrogens with zero attached hydrogens (tertiary/aromatic N) is 1. The predicted molar refractivity (Wildman–Crippen MR) is 65.9 cm³/mol. The van der Waals surface area contributed by atoms with Gasteiger partial charge in [-0.15, -0.1) is 11.6 Å². The number of allylic oxidation sites excluding steroid dienone is 1. The van der Waals surface area contributed by atoms with Crippen molar-refractivity contribution in [2.45, 2.75) is 0 Å². The van der Waals surface area contributed by atoms with E-state index < -0.39 is 17.5 Å². The summed E-state index contributed by atoms with van der Waals surface area (Å²) < 4.78 is 13.1. The lowest BCUT2D eigenvalue weighted by Gasteiger charge is -2.21. The Morgan fingerprint density at radius 2 is 2.16 bits per heavy atom. The number of carbonyl (C=O) groups is 2. The van der Waals surface area contributed by atoms with Crippen LogP contribution >= 0.6 is 11.6 Å². The molecule has 0 aliphatic carbocycles. The molecule has 0 radical (unpaired) electrons. The third kappa shape index (κ3) is 2.41. The number of nitrogens with one attached hydrogen (secondary N) is 2. The predicted octanol–water partition coefficient (Wildman–Crippen LogP) is 1.52. The van der Waals surface area contributed by atoms with Gasteiger partial charge in [-0.3, -0.25) is 9.59 Å². The normalized spacial score (nSPS) is 15.7. The van der Waals surface area contributed by atoms with E-state index in [1.165, 1.54) is 6.07 Å². The summed E-state index contributed by atoms with van der Waals surface area (Å²) in [5.41, 5.74) is 0.105. The zero-order valence-electron chi connectivity index (χ0n) is 9.46. The first kappa shape index (κ1) is 13.1. The van der Waals surface area contributed by atoms with Crippen LogP contribution in [0.2, 0.25) is 0 Å². The first-order chi connectivity index (χ1) is 9.06. The van der Waals surface area contributed by atoms with Gasteiger partial charge in [-0.05, 0) is 18.2 Å². The molecule has 1 aromatic carbocycles. The highest BCUT2D eigenvalue weighted by Gasteiger charge is 2.24. The molecule has 0 aromatic heterocycles. The van der Waals surface area contributed by atoms with Crippen molar-refractivity contribution in [1.29, 1.82) is 5.26 Å². The molecule has 1 aliphatic heterocycles. The Morgan fingerprint density at radius 1 is 1.42 bits per heavy atom. The zero-order valence-corrected chi connectivity index (χ0v) is 10.2. The lowest BCUT2D eigenvalue weighted by Crippen LogP contribution is -2.35. The van der Waals surface area contributed by atoms with Gasteiger partial charge in [-0.25, -0.2) is 4.39 Å². The molecule has 96 valence electrons. The summed E-state index contributed by atoms with van der Waals surface area (Å²) in [6, 6.07) is 5.22. The van der Waals surface area contributed by atoms with Gasteiger partial charge in [0.15, 0.2) is 5.78 Å². The van der Waals surface area contributed by atoms with Crippen LogP contribution in [0.3, 0.4) is 0 Å². The smallest absolute Gasteiger partial charge is 0.258 e. The van der Waals surface area contributed by atoms with Crippen molar-refractivity contribution < 1.29 is 14.0 Å². The van der Waals surface area contributed by atoms with E-state index in [0.717, 1.165) is 12.1 Å². The monoisotopic (exact) mass is 279 g/mol. The van der Waals surface area contributed by atoms with Crippen LogP contribution in [-0.2, 0) is 4.79 Å². The molecule has 19 heavy (non-hydrogen) atoms. The van der Waals surface area contributed by atoms with Crippen LogP contribution in [0, 0.1) is 17.1 Å². The van der Waals surface area contributed by atoms with E-state index in [4.69, 9.17) is 16.9 Å². The van der Waals surface area contributed by atoms with Crippen LogP contribution in [0.4, 0.5) is 10.1 Å². The van der Waals surface area contributed by atoms with Crippen LogP contribution < -0.4 is 10.6 Å². The molecule has 1 aliphatic rings. The van der Waals surface area contributed by atoms with Crippen LogP contribution in [-0.4, -0.2) is 17.6 Å². The summed E-state index contributed by atoms with van der Waals surface area (Å²) in [6.45, 7) is 0. The molecule has 2 rings (SSSR count). The fraction of sp³-hybridized carbons (Fsp3) is 0.0833. The van der Waals surface area contributed by atoms with E-state index in [9.17, 15) is 14.0 Å². The van der Waals surface area contributed by atoms with Crippen LogP contribution in [0.15, 0.2) is 29.6 Å². The quantitative estimate of drug-likeness (QED) is 0.488. The molecule has 1 amide bonds. The lowest BCUT2D eigenvalue weighted by atomic mass is 10.1. The van der Waals surface area contributed by atoms with E-state index in [-0.39, 0.29) is 28.5 Å². The van der Waals surface area contributed by atoms with E-state index in [1.807, 2.05) is 0 Å². The molecule has 0 unspecified atom stereocenters. The zero-order chi connectivity index (χ0) is 14.0. The number of carbonyl (C=O) groups excluding carboxylic acids is 2. The summed E-state index contributed by atoms with van der Waals surface area (Å²) >= 11 is 5.37. The van der Waals surface area contributed by atoms with Crippen molar-refractivity contribution in [3.05, 3.63) is 41.0 Å². The number of Topliss-reactive ketones (excluding diaryl/α,β-unsaturated/α-hetero) is 1. The molecular formula is C12H7ClFN3O2. The minimum absolute atomic E-state index is 0.0868. The number of nitriles is 1. The van der Waals surface area contributed by atoms with Gasteiger partial charge < -0.3 is 10.6 Å². The molecule has 5 nitrogen and oxygen atoms in total. The molecule has 0 bridgehead atoms. The third-order valence-electron chi connectivity index (χ3n) is 2.49. The Hall–Kier alpha value is -2.39. The summed E-state index contributed by atoms with van der Waals surface area (Å²) in [7, 11) is 0. The Bertz CT molecular complexity index is 649. The van der Waals surface area contributed by atoms with Gasteiger partial charge in [0, 0.05) is 0 Å². The first-order valence-corrected chi connectivity index (χ1v) is 5.71. The van der Waals surface area contributed by atoms with Gasteiger partial charge in [0.2, 0.25) is 0 Å². The number of hydrogen-bond acceptors (Lipinski definition) is 4. The van der Waals surface area contributed by atoms with Crippen molar-refractivity contribution in [2.75, 3.05) is 11.2 Å². The minimum atomic E-state index is -0.633. The standard InChI is InChI=1S/C12H7ClFN3O2/c13-4-10(18)8(5-15)11-16-9-3-6(14)1-2-7(9)12(19)17-11/h1-3,16H,4H2,(H,17,19)/b11-8-. The molecule has 0 saturated heterocycles. The SMILES string of the molecule is N#C/C(C(=O)CCl)=C1/NC(=O)c2ccc(F)cc2N1. The third-order valence-corrected chi connectivity index (χ3v) is 2.73. The van der Waals surface area contributed by atoms with Crippen molar-refractivity contribution in [1.82, 2.24) is 5.32 Å². The topological polar surface area (TPSA) is 82.0 Å². The minimum Gasteiger partial charge on any atom is -0.340 e. The lowest BCUT2D eigenvalue weighted by molar-refractivity contribution is -0.113. The number of benzene rings is 1. The first-order valence-electron chi connectivity index (χ1n) is 5.18. The largest absolute Gasteiger partial charge is 0.340 e. The molecular weight excluding hydrogens is 273 g/mol. The summed E-state index contributed by atoms with van der Waals surface area (Å²) in [5, 5.41) is 13.9. The highest BCUT2D eigenvalue weighted by Crippen LogP contribution is 2.23. The second kappa shape index (κ2) is 5.08. The number of alkyl halides is 1. The second-order valence-electron chi connectivity index (χ2n) is 3.69. The Kier molecular flexibility index (Phi) is 3.49. The maximum atomic E-state index is 13.1. The average molecular weight is 280 g/mol. The molecule has 0 fully saturated rings. The summed E-state index contributed by atoms with van der Waals surface area (Å²) in [5.74, 6) is -2.18. The van der Waals surface area contributed by atoms with Gasteiger partial charge in [0.05, 0.1) is 17.1 Å². The fourth-order valence-corrected chi connectivity index (χ4v) is 1.75. The number of fused-ring (bicyclic) bond motifs is 1. The summed E-state index contributed by atoms with van der Waals surface area (Å²) in [6.07, 6.45) is 0. The number of amides is 1. The van der Waals surface area contributed by atoms with E-state index in [1.54, 1.807) is 6.07 Å². The maximum Gasteiger partial charge on any atom is 0.258 e. The summed E-state index contributed by atoms with van der Waals surface area (Å²) in [4.78, 5) is 23.2. The molecule has 0 atom stereocenters. The number of anilines is 1. The molecule has 1 aromatic rings. The molecule has 1 heterocycles. The van der Waals surface area contributed by atoms with Crippen molar-refractivity contribution in [2.24, 2.45) is 0 Å². The molecule has 7 heteroatoms. The van der Waals surface area contributed by atoms with Gasteiger partial charge in [-0.2, -0.15) is 5.26 Å². The van der Waals surface area contributed by atoms with E-state index in [2.05, 4.69) is 10.6 Å². The van der Waals surface area contributed by atoms with Gasteiger partial charge >= 0.3 is 0 Å². The second-order valence-corrected chi connectivity index (χ2v) is 3.95. The number of hydrogen-bond donors (Lipinski definition) is 2. The Balaban J connectivity index is 2.51. The van der Waals surface area contributed by atoms with Crippen LogP contribution in [0.5, 0.6) is 0 Å². The van der Waals surface area contributed by atoms with Gasteiger partial charge in [-0.1, -0.05) is 0 Å². The number of ketones is 1. The van der Waals surface area contributed by atoms with Crippen LogP contribution in [0.1, 0.15) is 10.4 Å². The fourth-order valence-electron chi connectivity index (χ4n) is 1.61. The maximum absolute atomic E-state index is 13.1.